The highest BCUT2D eigenvalue weighted by Crippen LogP contribution is 2.28. The van der Waals surface area contributed by atoms with E-state index in [1.165, 1.54) is 0 Å². The fraction of sp³-hybridized carbons (Fsp3) is 0.318. The molecule has 4 rings (SSSR count). The van der Waals surface area contributed by atoms with Crippen molar-refractivity contribution in [1.82, 2.24) is 15.1 Å². The molecule has 0 radical (unpaired) electrons. The van der Waals surface area contributed by atoms with Gasteiger partial charge in [0.25, 0.3) is 5.56 Å². The third-order valence-electron chi connectivity index (χ3n) is 5.34. The summed E-state index contributed by atoms with van der Waals surface area (Å²) in [6.07, 6.45) is 4.17. The molecule has 2 amide bonds. The van der Waals surface area contributed by atoms with E-state index >= 15 is 0 Å². The summed E-state index contributed by atoms with van der Waals surface area (Å²) in [5, 5.41) is 11.7. The van der Waals surface area contributed by atoms with Gasteiger partial charge >= 0.3 is 6.03 Å². The molecule has 0 atom stereocenters. The fourth-order valence-corrected chi connectivity index (χ4v) is 3.81. The first-order valence-corrected chi connectivity index (χ1v) is 9.85. The number of hydrogen-bond acceptors (Lipinski definition) is 4. The van der Waals surface area contributed by atoms with Crippen LogP contribution in [0.15, 0.2) is 53.3 Å². The van der Waals surface area contributed by atoms with Crippen LogP contribution in [0.2, 0.25) is 0 Å². The Morgan fingerprint density at radius 2 is 1.79 bits per heavy atom. The molecule has 1 aliphatic carbocycles. The zero-order valence-electron chi connectivity index (χ0n) is 16.4. The Balaban J connectivity index is 1.54. The van der Waals surface area contributed by atoms with Gasteiger partial charge in [0.1, 0.15) is 5.75 Å². The monoisotopic (exact) mass is 392 g/mol. The molecule has 0 saturated heterocycles. The van der Waals surface area contributed by atoms with E-state index < -0.39 is 0 Å². The van der Waals surface area contributed by atoms with Crippen LogP contribution in [-0.2, 0) is 6.54 Å². The van der Waals surface area contributed by atoms with Gasteiger partial charge in [0.05, 0.1) is 30.8 Å². The molecule has 1 aliphatic rings. The lowest BCUT2D eigenvalue weighted by Crippen LogP contribution is -2.32. The van der Waals surface area contributed by atoms with Gasteiger partial charge < -0.3 is 15.4 Å². The van der Waals surface area contributed by atoms with Crippen LogP contribution >= 0.6 is 0 Å². The lowest BCUT2D eigenvalue weighted by atomic mass is 10.1. The molecule has 150 valence electrons. The molecule has 1 saturated carbocycles. The number of carbonyl (C=O) groups excluding carboxylic acids is 1. The number of nitrogens with one attached hydrogen (secondary N) is 2. The molecule has 3 aromatic rings. The Kier molecular flexibility index (Phi) is 5.46. The van der Waals surface area contributed by atoms with E-state index in [4.69, 9.17) is 4.74 Å². The Labute approximate surface area is 168 Å². The van der Waals surface area contributed by atoms with Gasteiger partial charge in [0.2, 0.25) is 0 Å². The van der Waals surface area contributed by atoms with Crippen molar-refractivity contribution in [2.75, 3.05) is 12.4 Å². The highest BCUT2D eigenvalue weighted by atomic mass is 16.5. The maximum atomic E-state index is 12.9. The molecular formula is C22H24N4O3. The van der Waals surface area contributed by atoms with Crippen molar-refractivity contribution in [3.8, 4) is 5.75 Å². The summed E-state index contributed by atoms with van der Waals surface area (Å²) in [5.41, 5.74) is 1.30. The normalized spacial score (nSPS) is 14.1. The highest BCUT2D eigenvalue weighted by Gasteiger charge is 2.21. The summed E-state index contributed by atoms with van der Waals surface area (Å²) in [6.45, 7) is 0.232. The number of ether oxygens (including phenoxy) is 1. The number of urea groups is 1. The van der Waals surface area contributed by atoms with Crippen molar-refractivity contribution in [3.05, 3.63) is 64.6 Å². The van der Waals surface area contributed by atoms with E-state index in [1.807, 2.05) is 24.3 Å². The van der Waals surface area contributed by atoms with Crippen LogP contribution in [0, 0.1) is 0 Å². The first kappa shape index (κ1) is 19.0. The molecule has 7 nitrogen and oxygen atoms in total. The van der Waals surface area contributed by atoms with Gasteiger partial charge in [0.15, 0.2) is 0 Å². The Morgan fingerprint density at radius 3 is 2.48 bits per heavy atom. The molecule has 1 fully saturated rings. The minimum Gasteiger partial charge on any atom is -0.497 e. The van der Waals surface area contributed by atoms with Gasteiger partial charge in [-0.05, 0) is 43.2 Å². The number of nitrogens with zero attached hydrogens (tertiary/aromatic N) is 2. The molecule has 0 bridgehead atoms. The lowest BCUT2D eigenvalue weighted by Gasteiger charge is -2.16. The first-order valence-electron chi connectivity index (χ1n) is 9.85. The third-order valence-corrected chi connectivity index (χ3v) is 5.34. The number of carbonyl (C=O) groups is 1. The molecule has 0 unspecified atom stereocenters. The summed E-state index contributed by atoms with van der Waals surface area (Å²) in [6, 6.07) is 14.3. The number of aromatic nitrogens is 2. The average Bonchev–Trinajstić information content (AvgIpc) is 3.29. The number of benzene rings is 2. The third kappa shape index (κ3) is 4.08. The van der Waals surface area contributed by atoms with Gasteiger partial charge in [-0.25, -0.2) is 9.48 Å². The number of hydrogen-bond donors (Lipinski definition) is 2. The number of anilines is 1. The zero-order valence-corrected chi connectivity index (χ0v) is 16.4. The summed E-state index contributed by atoms with van der Waals surface area (Å²) in [4.78, 5) is 25.2. The topological polar surface area (TPSA) is 85.2 Å². The molecule has 0 spiro atoms. The smallest absolute Gasteiger partial charge is 0.319 e. The zero-order chi connectivity index (χ0) is 20.2. The van der Waals surface area contributed by atoms with Crippen LogP contribution in [0.3, 0.4) is 0 Å². The fourth-order valence-electron chi connectivity index (χ4n) is 3.81. The minimum atomic E-state index is -0.334. The van der Waals surface area contributed by atoms with Crippen LogP contribution < -0.4 is 20.9 Å². The maximum Gasteiger partial charge on any atom is 0.319 e. The summed E-state index contributed by atoms with van der Waals surface area (Å²) in [5.74, 6) is 0.723. The Hall–Kier alpha value is -3.35. The number of amides is 2. The van der Waals surface area contributed by atoms with E-state index in [0.29, 0.717) is 16.8 Å². The number of rotatable bonds is 5. The summed E-state index contributed by atoms with van der Waals surface area (Å²) >= 11 is 0. The van der Waals surface area contributed by atoms with Crippen LogP contribution in [0.25, 0.3) is 10.8 Å². The van der Waals surface area contributed by atoms with Crippen molar-refractivity contribution in [3.63, 3.8) is 0 Å². The van der Waals surface area contributed by atoms with Gasteiger partial charge in [0, 0.05) is 11.1 Å². The minimum absolute atomic E-state index is 0.0565. The van der Waals surface area contributed by atoms with Crippen molar-refractivity contribution < 1.29 is 9.53 Å². The molecule has 7 heteroatoms. The summed E-state index contributed by atoms with van der Waals surface area (Å²) < 4.78 is 6.74. The standard InChI is InChI=1S/C22H24N4O3/c1-29-17-12-10-15(11-13-17)24-22(28)23-14-20-18-8-4-5-9-19(18)21(27)26(25-20)16-6-2-3-7-16/h4-5,8-13,16H,2-3,6-7,14H2,1H3,(H2,23,24,28). The quantitative estimate of drug-likeness (QED) is 0.691. The van der Waals surface area contributed by atoms with Crippen molar-refractivity contribution in [2.24, 2.45) is 0 Å². The first-order chi connectivity index (χ1) is 14.2. The van der Waals surface area contributed by atoms with Gasteiger partial charge in [-0.1, -0.05) is 31.0 Å². The van der Waals surface area contributed by atoms with Crippen molar-refractivity contribution in [1.29, 1.82) is 0 Å². The molecule has 2 aromatic carbocycles. The molecule has 1 heterocycles. The number of fused-ring (bicyclic) bond motifs is 1. The Morgan fingerprint density at radius 1 is 1.10 bits per heavy atom. The van der Waals surface area contributed by atoms with Gasteiger partial charge in [-0.15, -0.1) is 0 Å². The van der Waals surface area contributed by atoms with Gasteiger partial charge in [-0.2, -0.15) is 5.10 Å². The van der Waals surface area contributed by atoms with Crippen LogP contribution in [0.4, 0.5) is 10.5 Å². The predicted molar refractivity (Wildman–Crippen MR) is 112 cm³/mol. The van der Waals surface area contributed by atoms with Crippen LogP contribution in [0.1, 0.15) is 37.4 Å². The van der Waals surface area contributed by atoms with Crippen LogP contribution in [0.5, 0.6) is 5.75 Å². The maximum absolute atomic E-state index is 12.9. The van der Waals surface area contributed by atoms with E-state index in [0.717, 1.165) is 36.8 Å². The second-order valence-electron chi connectivity index (χ2n) is 7.22. The van der Waals surface area contributed by atoms with E-state index in [2.05, 4.69) is 15.7 Å². The molecule has 1 aromatic heterocycles. The average molecular weight is 392 g/mol. The highest BCUT2D eigenvalue weighted by molar-refractivity contribution is 5.90. The SMILES string of the molecule is COc1ccc(NC(=O)NCc2nn(C3CCCC3)c(=O)c3ccccc23)cc1. The van der Waals surface area contributed by atoms with Crippen LogP contribution in [-0.4, -0.2) is 22.9 Å². The van der Waals surface area contributed by atoms with E-state index in [-0.39, 0.29) is 24.2 Å². The Bertz CT molecular complexity index is 1070. The second-order valence-corrected chi connectivity index (χ2v) is 7.22. The second kappa shape index (κ2) is 8.34. The number of methoxy groups -OCH3 is 1. The molecule has 0 aliphatic heterocycles. The van der Waals surface area contributed by atoms with Crippen molar-refractivity contribution >= 4 is 22.5 Å². The largest absolute Gasteiger partial charge is 0.497 e. The van der Waals surface area contributed by atoms with Crippen molar-refractivity contribution in [2.45, 2.75) is 38.3 Å². The summed E-state index contributed by atoms with van der Waals surface area (Å²) in [7, 11) is 1.59. The lowest BCUT2D eigenvalue weighted by molar-refractivity contribution is 0.251. The molecule has 2 N–H and O–H groups in total. The van der Waals surface area contributed by atoms with E-state index in [9.17, 15) is 9.59 Å². The molecule has 29 heavy (non-hydrogen) atoms. The van der Waals surface area contributed by atoms with E-state index in [1.54, 1.807) is 36.1 Å². The van der Waals surface area contributed by atoms with Gasteiger partial charge in [-0.3, -0.25) is 4.79 Å². The predicted octanol–water partition coefficient (Wildman–Crippen LogP) is 3.84. The molecular weight excluding hydrogens is 368 g/mol.